The van der Waals surface area contributed by atoms with Gasteiger partial charge in [0.25, 0.3) is 0 Å². The van der Waals surface area contributed by atoms with Gasteiger partial charge in [0.05, 0.1) is 6.20 Å². The summed E-state index contributed by atoms with van der Waals surface area (Å²) in [4.78, 5) is 8.22. The van der Waals surface area contributed by atoms with Crippen molar-refractivity contribution in [2.24, 2.45) is 0 Å². The van der Waals surface area contributed by atoms with Gasteiger partial charge in [-0.05, 0) is 12.1 Å². The summed E-state index contributed by atoms with van der Waals surface area (Å²) in [7, 11) is 0. The van der Waals surface area contributed by atoms with Gasteiger partial charge in [-0.25, -0.2) is 0 Å². The Hall–Kier alpha value is -2.87. The number of nitrogens with one attached hydrogen (secondary N) is 1. The van der Waals surface area contributed by atoms with Crippen LogP contribution in [0.15, 0.2) is 48.9 Å². The lowest BCUT2D eigenvalue weighted by Gasteiger charge is -2.17. The fourth-order valence-corrected chi connectivity index (χ4v) is 1.63. The molecule has 2 aromatic heterocycles. The fourth-order valence-electron chi connectivity index (χ4n) is 1.63. The lowest BCUT2D eigenvalue weighted by molar-refractivity contribution is -0.0976. The topological polar surface area (TPSA) is 98.7 Å². The van der Waals surface area contributed by atoms with Crippen molar-refractivity contribution < 1.29 is 9.47 Å². The zero-order chi connectivity index (χ0) is 14.3. The third-order valence-electron chi connectivity index (χ3n) is 2.56. The van der Waals surface area contributed by atoms with E-state index in [4.69, 9.17) is 9.47 Å². The summed E-state index contributed by atoms with van der Waals surface area (Å²) in [6, 6.07) is 9.33. The van der Waals surface area contributed by atoms with Gasteiger partial charge >= 0.3 is 0 Å². The molecule has 0 aliphatic rings. The Balaban J connectivity index is 1.74. The smallest absolute Gasteiger partial charge is 0.245 e. The fraction of sp³-hybridized carbons (Fsp3) is 0.154. The first-order valence-electron chi connectivity index (χ1n) is 6.23. The highest BCUT2D eigenvalue weighted by Crippen LogP contribution is 2.21. The first-order chi connectivity index (χ1) is 10.4. The Labute approximate surface area is 120 Å². The van der Waals surface area contributed by atoms with Crippen LogP contribution in [-0.2, 0) is 11.3 Å². The van der Waals surface area contributed by atoms with Gasteiger partial charge in [0, 0.05) is 12.4 Å². The summed E-state index contributed by atoms with van der Waals surface area (Å²) in [5.74, 6) is 1.10. The highest BCUT2D eigenvalue weighted by atomic mass is 16.7. The normalized spacial score (nSPS) is 12.0. The van der Waals surface area contributed by atoms with E-state index >= 15 is 0 Å². The Bertz CT molecular complexity index is 647. The second-order valence-corrected chi connectivity index (χ2v) is 4.03. The van der Waals surface area contributed by atoms with Gasteiger partial charge in [-0.3, -0.25) is 9.97 Å². The Morgan fingerprint density at radius 1 is 1.14 bits per heavy atom. The third kappa shape index (κ3) is 3.57. The van der Waals surface area contributed by atoms with Gasteiger partial charge < -0.3 is 9.47 Å². The van der Waals surface area contributed by atoms with E-state index < -0.39 is 6.29 Å². The number of rotatable bonds is 6. The van der Waals surface area contributed by atoms with E-state index in [0.29, 0.717) is 17.3 Å². The molecule has 8 heteroatoms. The van der Waals surface area contributed by atoms with Crippen molar-refractivity contribution in [2.45, 2.75) is 12.9 Å². The molecule has 1 N–H and O–H groups in total. The molecule has 1 atom stereocenters. The Kier molecular flexibility index (Phi) is 4.08. The Morgan fingerprint density at radius 3 is 2.76 bits per heavy atom. The minimum Gasteiger partial charge on any atom is -0.459 e. The van der Waals surface area contributed by atoms with E-state index in [2.05, 4.69) is 30.6 Å². The highest BCUT2D eigenvalue weighted by molar-refractivity contribution is 5.21. The molecule has 1 unspecified atom stereocenters. The van der Waals surface area contributed by atoms with E-state index in [0.717, 1.165) is 0 Å². The maximum atomic E-state index is 5.79. The number of ether oxygens (including phenoxy) is 2. The molecule has 0 aliphatic carbocycles. The molecule has 2 heterocycles. The van der Waals surface area contributed by atoms with Crippen LogP contribution in [0.4, 0.5) is 0 Å². The van der Waals surface area contributed by atoms with Crippen LogP contribution in [0.3, 0.4) is 0 Å². The molecule has 3 aromatic rings. The number of benzene rings is 1. The second kappa shape index (κ2) is 6.53. The summed E-state index contributed by atoms with van der Waals surface area (Å²) >= 11 is 0. The van der Waals surface area contributed by atoms with Crippen molar-refractivity contribution >= 4 is 0 Å². The molecule has 0 saturated heterocycles. The van der Waals surface area contributed by atoms with Crippen LogP contribution < -0.4 is 4.74 Å². The Morgan fingerprint density at radius 2 is 2.05 bits per heavy atom. The van der Waals surface area contributed by atoms with Crippen LogP contribution in [0, 0.1) is 0 Å². The molecule has 0 spiro atoms. The zero-order valence-electron chi connectivity index (χ0n) is 11.0. The van der Waals surface area contributed by atoms with Gasteiger partial charge in [0.1, 0.15) is 18.1 Å². The van der Waals surface area contributed by atoms with Crippen molar-refractivity contribution in [3.05, 3.63) is 60.4 Å². The summed E-state index contributed by atoms with van der Waals surface area (Å²) in [6.45, 7) is 0.143. The van der Waals surface area contributed by atoms with Crippen LogP contribution >= 0.6 is 0 Å². The zero-order valence-corrected chi connectivity index (χ0v) is 11.0. The third-order valence-corrected chi connectivity index (χ3v) is 2.56. The van der Waals surface area contributed by atoms with Crippen molar-refractivity contribution in [3.8, 4) is 5.75 Å². The lowest BCUT2D eigenvalue weighted by Crippen LogP contribution is -2.14. The minimum atomic E-state index is -0.709. The van der Waals surface area contributed by atoms with Crippen LogP contribution in [0.5, 0.6) is 5.75 Å². The van der Waals surface area contributed by atoms with Crippen molar-refractivity contribution in [3.63, 3.8) is 0 Å². The largest absolute Gasteiger partial charge is 0.459 e. The summed E-state index contributed by atoms with van der Waals surface area (Å²) < 4.78 is 11.5. The molecule has 0 bridgehead atoms. The SMILES string of the molecule is c1ccc(OC(OCc2nn[nH]n2)c2cnccn2)cc1. The molecule has 0 amide bonds. The molecule has 0 radical (unpaired) electrons. The number of hydrogen-bond acceptors (Lipinski definition) is 7. The second-order valence-electron chi connectivity index (χ2n) is 4.03. The monoisotopic (exact) mass is 284 g/mol. The maximum absolute atomic E-state index is 5.79. The first-order valence-corrected chi connectivity index (χ1v) is 6.23. The summed E-state index contributed by atoms with van der Waals surface area (Å²) in [5, 5.41) is 13.5. The summed E-state index contributed by atoms with van der Waals surface area (Å²) in [5.41, 5.74) is 0.560. The summed E-state index contributed by atoms with van der Waals surface area (Å²) in [6.07, 6.45) is 4.04. The predicted molar refractivity (Wildman–Crippen MR) is 70.8 cm³/mol. The van der Waals surface area contributed by atoms with Crippen LogP contribution in [0.1, 0.15) is 17.8 Å². The predicted octanol–water partition coefficient (Wildman–Crippen LogP) is 1.28. The van der Waals surface area contributed by atoms with E-state index in [1.54, 1.807) is 18.6 Å². The van der Waals surface area contributed by atoms with Gasteiger partial charge in [0.15, 0.2) is 5.82 Å². The molecule has 0 fully saturated rings. The number of nitrogens with zero attached hydrogens (tertiary/aromatic N) is 5. The molecule has 0 saturated carbocycles. The number of aromatic amines is 1. The van der Waals surface area contributed by atoms with Gasteiger partial charge in [-0.2, -0.15) is 5.21 Å². The molecule has 1 aromatic carbocycles. The molecular formula is C13H12N6O2. The highest BCUT2D eigenvalue weighted by Gasteiger charge is 2.17. The van der Waals surface area contributed by atoms with E-state index in [-0.39, 0.29) is 6.61 Å². The van der Waals surface area contributed by atoms with Crippen molar-refractivity contribution in [1.82, 2.24) is 30.6 Å². The standard InChI is InChI=1S/C13H12N6O2/c1-2-4-10(5-3-1)21-13(11-8-14-6-7-15-11)20-9-12-16-18-19-17-12/h1-8,13H,9H2,(H,16,17,18,19). The number of tetrazole rings is 1. The van der Waals surface area contributed by atoms with E-state index in [1.165, 1.54) is 0 Å². The molecule has 0 aliphatic heterocycles. The minimum absolute atomic E-state index is 0.143. The number of hydrogen-bond donors (Lipinski definition) is 1. The number of para-hydroxylation sites is 1. The van der Waals surface area contributed by atoms with Gasteiger partial charge in [-0.15, -0.1) is 10.2 Å². The van der Waals surface area contributed by atoms with Crippen LogP contribution in [0.2, 0.25) is 0 Å². The molecule has 3 rings (SSSR count). The van der Waals surface area contributed by atoms with Crippen molar-refractivity contribution in [1.29, 1.82) is 0 Å². The molecular weight excluding hydrogens is 272 g/mol. The van der Waals surface area contributed by atoms with Gasteiger partial charge in [0.2, 0.25) is 6.29 Å². The molecule has 106 valence electrons. The first kappa shape index (κ1) is 13.1. The number of H-pyrrole nitrogens is 1. The maximum Gasteiger partial charge on any atom is 0.245 e. The van der Waals surface area contributed by atoms with Crippen LogP contribution in [-0.4, -0.2) is 30.6 Å². The quantitative estimate of drug-likeness (QED) is 0.681. The molecule has 21 heavy (non-hydrogen) atoms. The average molecular weight is 284 g/mol. The van der Waals surface area contributed by atoms with Crippen LogP contribution in [0.25, 0.3) is 0 Å². The van der Waals surface area contributed by atoms with Crippen molar-refractivity contribution in [2.75, 3.05) is 0 Å². The number of aromatic nitrogens is 6. The van der Waals surface area contributed by atoms with E-state index in [1.807, 2.05) is 30.3 Å². The molecule has 8 nitrogen and oxygen atoms in total. The van der Waals surface area contributed by atoms with Gasteiger partial charge in [-0.1, -0.05) is 23.4 Å². The average Bonchev–Trinajstić information content (AvgIpc) is 3.07. The lowest BCUT2D eigenvalue weighted by atomic mass is 10.3. The van der Waals surface area contributed by atoms with E-state index in [9.17, 15) is 0 Å².